The molecular weight excluding hydrogens is 342 g/mol. The Hall–Kier alpha value is -2.86. The van der Waals surface area contributed by atoms with Crippen LogP contribution in [0, 0.1) is 13.8 Å². The van der Waals surface area contributed by atoms with E-state index in [1.54, 1.807) is 19.2 Å². The number of amides is 2. The van der Waals surface area contributed by atoms with E-state index < -0.39 is 0 Å². The van der Waals surface area contributed by atoms with Crippen molar-refractivity contribution in [1.82, 2.24) is 4.90 Å². The topological polar surface area (TPSA) is 70.7 Å². The lowest BCUT2D eigenvalue weighted by Gasteiger charge is -2.18. The quantitative estimate of drug-likeness (QED) is 0.750. The first-order valence-electron chi connectivity index (χ1n) is 8.88. The SMILES string of the molecule is COc1ccccc1NC(=O)CCN(C)CC(=O)Nc1c(C)cccc1C. The summed E-state index contributed by atoms with van der Waals surface area (Å²) in [6.07, 6.45) is 0.283. The number of carbonyl (C=O) groups is 2. The summed E-state index contributed by atoms with van der Waals surface area (Å²) in [6, 6.07) is 13.2. The van der Waals surface area contributed by atoms with Gasteiger partial charge in [0.2, 0.25) is 11.8 Å². The number of benzene rings is 2. The van der Waals surface area contributed by atoms with E-state index in [0.717, 1.165) is 16.8 Å². The van der Waals surface area contributed by atoms with Crippen molar-refractivity contribution in [3.63, 3.8) is 0 Å². The molecule has 0 bridgehead atoms. The highest BCUT2D eigenvalue weighted by Crippen LogP contribution is 2.23. The lowest BCUT2D eigenvalue weighted by Crippen LogP contribution is -2.32. The summed E-state index contributed by atoms with van der Waals surface area (Å²) in [5.74, 6) is 0.397. The zero-order chi connectivity index (χ0) is 19.8. The highest BCUT2D eigenvalue weighted by molar-refractivity contribution is 5.94. The molecule has 6 nitrogen and oxygen atoms in total. The zero-order valence-corrected chi connectivity index (χ0v) is 16.3. The van der Waals surface area contributed by atoms with Gasteiger partial charge in [0, 0.05) is 18.7 Å². The van der Waals surface area contributed by atoms with Crippen LogP contribution in [0.2, 0.25) is 0 Å². The molecule has 0 fully saturated rings. The van der Waals surface area contributed by atoms with Crippen LogP contribution in [0.1, 0.15) is 17.5 Å². The van der Waals surface area contributed by atoms with E-state index in [9.17, 15) is 9.59 Å². The number of carbonyl (C=O) groups excluding carboxylic acids is 2. The van der Waals surface area contributed by atoms with Crippen LogP contribution in [0.25, 0.3) is 0 Å². The molecule has 0 unspecified atom stereocenters. The fraction of sp³-hybridized carbons (Fsp3) is 0.333. The first-order valence-corrected chi connectivity index (χ1v) is 8.88. The second-order valence-electron chi connectivity index (χ2n) is 6.55. The molecule has 2 aromatic rings. The predicted molar refractivity (Wildman–Crippen MR) is 108 cm³/mol. The van der Waals surface area contributed by atoms with Gasteiger partial charge in [-0.2, -0.15) is 0 Å². The molecule has 0 aliphatic rings. The summed E-state index contributed by atoms with van der Waals surface area (Å²) >= 11 is 0. The van der Waals surface area contributed by atoms with Crippen molar-refractivity contribution in [3.8, 4) is 5.75 Å². The lowest BCUT2D eigenvalue weighted by molar-refractivity contribution is -0.119. The molecule has 0 saturated carbocycles. The van der Waals surface area contributed by atoms with Gasteiger partial charge in [-0.15, -0.1) is 0 Å². The maximum absolute atomic E-state index is 12.3. The Morgan fingerprint density at radius 1 is 0.963 bits per heavy atom. The molecule has 0 aliphatic carbocycles. The van der Waals surface area contributed by atoms with E-state index in [2.05, 4.69) is 10.6 Å². The molecule has 0 spiro atoms. The normalized spacial score (nSPS) is 10.6. The van der Waals surface area contributed by atoms with Gasteiger partial charge in [-0.3, -0.25) is 14.5 Å². The minimum Gasteiger partial charge on any atom is -0.495 e. The van der Waals surface area contributed by atoms with Gasteiger partial charge in [-0.25, -0.2) is 0 Å². The minimum absolute atomic E-state index is 0.0972. The molecule has 6 heteroatoms. The number of hydrogen-bond acceptors (Lipinski definition) is 4. The van der Waals surface area contributed by atoms with Crippen LogP contribution in [0.5, 0.6) is 5.75 Å². The fourth-order valence-electron chi connectivity index (χ4n) is 2.77. The van der Waals surface area contributed by atoms with Crippen molar-refractivity contribution in [1.29, 1.82) is 0 Å². The van der Waals surface area contributed by atoms with Crippen molar-refractivity contribution >= 4 is 23.2 Å². The Kier molecular flexibility index (Phi) is 7.37. The van der Waals surface area contributed by atoms with Crippen LogP contribution >= 0.6 is 0 Å². The Morgan fingerprint density at radius 3 is 2.30 bits per heavy atom. The van der Waals surface area contributed by atoms with Crippen LogP contribution < -0.4 is 15.4 Å². The summed E-state index contributed by atoms with van der Waals surface area (Å²) < 4.78 is 5.22. The lowest BCUT2D eigenvalue weighted by atomic mass is 10.1. The van der Waals surface area contributed by atoms with Crippen LogP contribution in [-0.2, 0) is 9.59 Å². The van der Waals surface area contributed by atoms with Crippen LogP contribution in [0.15, 0.2) is 42.5 Å². The highest BCUT2D eigenvalue weighted by Gasteiger charge is 2.12. The van der Waals surface area contributed by atoms with E-state index in [1.165, 1.54) is 0 Å². The predicted octanol–water partition coefficient (Wildman–Crippen LogP) is 3.21. The largest absolute Gasteiger partial charge is 0.495 e. The van der Waals surface area contributed by atoms with Crippen molar-refractivity contribution in [2.75, 3.05) is 37.9 Å². The number of rotatable bonds is 8. The maximum Gasteiger partial charge on any atom is 0.238 e. The van der Waals surface area contributed by atoms with Gasteiger partial charge in [0.15, 0.2) is 0 Å². The number of anilines is 2. The molecule has 2 rings (SSSR count). The summed E-state index contributed by atoms with van der Waals surface area (Å²) in [6.45, 7) is 4.62. The van der Waals surface area contributed by atoms with Crippen molar-refractivity contribution in [2.24, 2.45) is 0 Å². The molecule has 0 aliphatic heterocycles. The number of hydrogen-bond donors (Lipinski definition) is 2. The van der Waals surface area contributed by atoms with Crippen molar-refractivity contribution < 1.29 is 14.3 Å². The third kappa shape index (κ3) is 6.11. The molecule has 0 atom stereocenters. The smallest absolute Gasteiger partial charge is 0.238 e. The molecular formula is C21H27N3O3. The molecule has 2 amide bonds. The Bertz CT molecular complexity index is 785. The van der Waals surface area contributed by atoms with Gasteiger partial charge in [0.1, 0.15) is 5.75 Å². The van der Waals surface area contributed by atoms with E-state index in [-0.39, 0.29) is 24.8 Å². The molecule has 0 radical (unpaired) electrons. The van der Waals surface area contributed by atoms with Gasteiger partial charge in [-0.1, -0.05) is 30.3 Å². The van der Waals surface area contributed by atoms with E-state index in [1.807, 2.05) is 56.1 Å². The van der Waals surface area contributed by atoms with Crippen LogP contribution in [0.4, 0.5) is 11.4 Å². The average Bonchev–Trinajstić information content (AvgIpc) is 2.63. The molecule has 0 heterocycles. The molecule has 0 aromatic heterocycles. The maximum atomic E-state index is 12.3. The second-order valence-corrected chi connectivity index (χ2v) is 6.55. The summed E-state index contributed by atoms with van der Waals surface area (Å²) in [5.41, 5.74) is 3.55. The van der Waals surface area contributed by atoms with Gasteiger partial charge in [-0.05, 0) is 44.2 Å². The summed E-state index contributed by atoms with van der Waals surface area (Å²) in [4.78, 5) is 26.3. The number of nitrogens with zero attached hydrogens (tertiary/aromatic N) is 1. The van der Waals surface area contributed by atoms with Gasteiger partial charge in [0.05, 0.1) is 19.3 Å². The number of para-hydroxylation sites is 3. The van der Waals surface area contributed by atoms with Crippen molar-refractivity contribution in [2.45, 2.75) is 20.3 Å². The van der Waals surface area contributed by atoms with Gasteiger partial charge >= 0.3 is 0 Å². The summed E-state index contributed by atoms with van der Waals surface area (Å²) in [7, 11) is 3.38. The van der Waals surface area contributed by atoms with Gasteiger partial charge < -0.3 is 15.4 Å². The molecule has 27 heavy (non-hydrogen) atoms. The van der Waals surface area contributed by atoms with E-state index >= 15 is 0 Å². The monoisotopic (exact) mass is 369 g/mol. The first kappa shape index (κ1) is 20.5. The third-order valence-corrected chi connectivity index (χ3v) is 4.26. The molecule has 0 saturated heterocycles. The molecule has 2 N–H and O–H groups in total. The van der Waals surface area contributed by atoms with Crippen molar-refractivity contribution in [3.05, 3.63) is 53.6 Å². The number of likely N-dealkylation sites (N-methyl/N-ethyl adjacent to an activating group) is 1. The standard InChI is InChI=1S/C21H27N3O3/c1-15-8-7-9-16(2)21(15)23-20(26)14-24(3)13-12-19(25)22-17-10-5-6-11-18(17)27-4/h5-11H,12-14H2,1-4H3,(H,22,25)(H,23,26). The fourth-order valence-corrected chi connectivity index (χ4v) is 2.77. The minimum atomic E-state index is -0.124. The average molecular weight is 369 g/mol. The summed E-state index contributed by atoms with van der Waals surface area (Å²) in [5, 5.41) is 5.79. The Balaban J connectivity index is 1.80. The van der Waals surface area contributed by atoms with Crippen LogP contribution in [0.3, 0.4) is 0 Å². The Labute approximate surface area is 160 Å². The van der Waals surface area contributed by atoms with E-state index in [4.69, 9.17) is 4.74 Å². The van der Waals surface area contributed by atoms with Crippen LogP contribution in [-0.4, -0.2) is 44.0 Å². The highest BCUT2D eigenvalue weighted by atomic mass is 16.5. The second kappa shape index (κ2) is 9.73. The number of nitrogens with one attached hydrogen (secondary N) is 2. The number of aryl methyl sites for hydroxylation is 2. The number of ether oxygens (including phenoxy) is 1. The Morgan fingerprint density at radius 2 is 1.63 bits per heavy atom. The number of methoxy groups -OCH3 is 1. The molecule has 144 valence electrons. The van der Waals surface area contributed by atoms with E-state index in [0.29, 0.717) is 18.0 Å². The molecule has 2 aromatic carbocycles. The van der Waals surface area contributed by atoms with Gasteiger partial charge in [0.25, 0.3) is 0 Å². The first-order chi connectivity index (χ1) is 12.9. The third-order valence-electron chi connectivity index (χ3n) is 4.26. The zero-order valence-electron chi connectivity index (χ0n) is 16.3.